The molecule has 0 bridgehead atoms. The molecule has 0 spiro atoms. The van der Waals surface area contributed by atoms with Crippen molar-refractivity contribution in [2.75, 3.05) is 36.0 Å². The van der Waals surface area contributed by atoms with Crippen LogP contribution in [0.2, 0.25) is 0 Å². The van der Waals surface area contributed by atoms with Gasteiger partial charge in [0.15, 0.2) is 0 Å². The average molecular weight is 1360 g/mol. The first-order valence-electron chi connectivity index (χ1n) is 29.0. The quantitative estimate of drug-likeness (QED) is 0.0193. The molecule has 0 atom stereocenters. The minimum absolute atomic E-state index is 0. The second-order valence-corrected chi connectivity index (χ2v) is 18.8. The molecule has 486 valence electrons. The van der Waals surface area contributed by atoms with Crippen LogP contribution in [0.15, 0.2) is 276 Å². The zero-order chi connectivity index (χ0) is 66.0. The normalized spacial score (nSPS) is 10.6. The molecule has 0 saturated carbocycles. The number of hydrogen-bond acceptors (Lipinski definition) is 18. The van der Waals surface area contributed by atoms with E-state index >= 15 is 0 Å². The summed E-state index contributed by atoms with van der Waals surface area (Å²) in [6, 6.07) is 59.0. The van der Waals surface area contributed by atoms with Crippen LogP contribution in [0.4, 0.5) is 22.7 Å². The van der Waals surface area contributed by atoms with Crippen LogP contribution >= 0.6 is 0 Å². The molecule has 0 aliphatic rings. The van der Waals surface area contributed by atoms with E-state index in [2.05, 4.69) is 50.1 Å². The second-order valence-electron chi connectivity index (χ2n) is 18.8. The van der Waals surface area contributed by atoms with Crippen molar-refractivity contribution in [3.63, 3.8) is 0 Å². The number of anilines is 2. The van der Waals surface area contributed by atoms with Gasteiger partial charge in [-0.3, -0.25) is 40.2 Å². The summed E-state index contributed by atoms with van der Waals surface area (Å²) >= 11 is 0. The third-order valence-corrected chi connectivity index (χ3v) is 12.7. The van der Waals surface area contributed by atoms with Gasteiger partial charge in [-0.1, -0.05) is 121 Å². The van der Waals surface area contributed by atoms with Crippen molar-refractivity contribution >= 4 is 71.3 Å². The zero-order valence-electron chi connectivity index (χ0n) is 51.8. The zero-order valence-corrected chi connectivity index (χ0v) is 53.7. The van der Waals surface area contributed by atoms with Crippen molar-refractivity contribution in [3.05, 3.63) is 321 Å². The number of nitro benzene ring substituents is 2. The Bertz CT molecular complexity index is 3480. The van der Waals surface area contributed by atoms with Crippen molar-refractivity contribution in [1.29, 1.82) is 0 Å². The van der Waals surface area contributed by atoms with E-state index in [4.69, 9.17) is 0 Å². The minimum Gasteiger partial charge on any atom is -0.872 e. The monoisotopic (exact) mass is 1350 g/mol. The molecule has 10 aromatic rings. The maximum Gasteiger partial charge on any atom is 2.00 e. The first kappa shape index (κ1) is 77.0. The number of aromatic nitrogens is 4. The van der Waals surface area contributed by atoms with E-state index in [9.17, 15) is 40.7 Å². The molecular weight excluding hydrogens is 1290 g/mol. The molecule has 0 aliphatic heterocycles. The number of pyridine rings is 4. The molecule has 0 saturated heterocycles. The van der Waals surface area contributed by atoms with E-state index < -0.39 is 21.6 Å². The van der Waals surface area contributed by atoms with Crippen molar-refractivity contribution in [1.82, 2.24) is 19.9 Å². The van der Waals surface area contributed by atoms with Crippen LogP contribution in [0.1, 0.15) is 72.2 Å². The number of rotatable bonds is 18. The summed E-state index contributed by atoms with van der Waals surface area (Å²) in [4.78, 5) is 39.8. The maximum absolute atomic E-state index is 12.3. The molecule has 0 amide bonds. The Labute approximate surface area is 568 Å². The van der Waals surface area contributed by atoms with Crippen molar-refractivity contribution < 1.29 is 64.4 Å². The molecule has 4 heterocycles. The first-order valence-corrected chi connectivity index (χ1v) is 29.0. The maximum atomic E-state index is 12.3. The number of benzene rings is 6. The van der Waals surface area contributed by atoms with Gasteiger partial charge < -0.3 is 30.2 Å². The Morgan fingerprint density at radius 3 is 0.851 bits per heavy atom. The van der Waals surface area contributed by atoms with E-state index in [0.717, 1.165) is 59.8 Å². The summed E-state index contributed by atoms with van der Waals surface area (Å²) in [6.07, 6.45) is 23.9. The number of non-ortho nitro benzene ring substituents is 2. The van der Waals surface area contributed by atoms with E-state index in [1.54, 1.807) is 147 Å². The Morgan fingerprint density at radius 2 is 0.649 bits per heavy atom. The molecular formula is C72H68Cu2N12O8. The fraction of sp³-hybridized carbons (Fsp3) is 0.111. The van der Waals surface area contributed by atoms with Gasteiger partial charge in [-0.25, -0.2) is 0 Å². The van der Waals surface area contributed by atoms with Crippen LogP contribution < -0.4 is 30.2 Å². The third kappa shape index (κ3) is 29.1. The number of nitro groups is 2. The largest absolute Gasteiger partial charge is 2.00 e. The Kier molecular flexibility index (Phi) is 36.9. The minimum atomic E-state index is -0.519. The summed E-state index contributed by atoms with van der Waals surface area (Å²) < 4.78 is 0. The molecule has 0 N–H and O–H groups in total. The molecule has 0 aliphatic carbocycles. The van der Waals surface area contributed by atoms with Gasteiger partial charge in [0.2, 0.25) is 0 Å². The van der Waals surface area contributed by atoms with Gasteiger partial charge >= 0.3 is 34.1 Å². The topological polar surface area (TPSA) is 286 Å². The summed E-state index contributed by atoms with van der Waals surface area (Å²) in [6.45, 7) is 11.3. The number of nitrogens with zero attached hydrogens (tertiary/aromatic N) is 12. The van der Waals surface area contributed by atoms with Gasteiger partial charge in [0.05, 0.1) is 22.3 Å². The average Bonchev–Trinajstić information content (AvgIpc) is 2.93. The van der Waals surface area contributed by atoms with E-state index in [1.807, 2.05) is 137 Å². The predicted octanol–water partition coefficient (Wildman–Crippen LogP) is 12.0. The van der Waals surface area contributed by atoms with Gasteiger partial charge in [-0.15, -0.1) is 0 Å². The van der Waals surface area contributed by atoms with E-state index in [1.165, 1.54) is 36.7 Å². The molecule has 20 nitrogen and oxygen atoms in total. The standard InChI is InChI=1S/2C26H26N4O4.4C5H5N.2Cu/c2*1-3-29(4-2)24-16-13-22(25(31)17-24)18-27-28-26(32)21-11-7-19(8-12-21)5-6-20-9-14-23(15-10-20)30(33)34;4*1-2-4-6-5-3-1;;/h2*5-18,31H,3-4H2,1-2H3,(H,28,32);4*1-5H;;/q;;;;;;2*+2/p-4/b2*6-5+,27-18+;;;;;;. The van der Waals surface area contributed by atoms with E-state index in [-0.39, 0.29) is 57.0 Å². The Morgan fingerprint density at radius 1 is 0.394 bits per heavy atom. The predicted molar refractivity (Wildman–Crippen MR) is 361 cm³/mol. The van der Waals surface area contributed by atoms with Crippen LogP contribution in [0.25, 0.3) is 24.3 Å². The summed E-state index contributed by atoms with van der Waals surface area (Å²) in [5.74, 6) is -1.40. The van der Waals surface area contributed by atoms with Crippen LogP contribution in [0, 0.1) is 20.2 Å². The first-order chi connectivity index (χ1) is 44.8. The Hall–Kier alpha value is -11.3. The SMILES string of the molecule is CCN(CC)c1ccc(/C=N/N=C(\[O-])c2ccc(/C=C/c3ccc([N+](=O)[O-])cc3)cc2)c([O-])c1.CCN(CC)c1ccc(/C=N/N=C(\[O-])c2ccc(/C=C/c3ccc([N+](=O)[O-])cc3)cc2)c([O-])c1.[Cu+2].[Cu+2].c1ccncc1.c1ccncc1.c1ccncc1.c1ccncc1. The van der Waals surface area contributed by atoms with Crippen molar-refractivity contribution in [2.24, 2.45) is 20.4 Å². The molecule has 0 unspecified atom stereocenters. The third-order valence-electron chi connectivity index (χ3n) is 12.7. The molecule has 0 fully saturated rings. The van der Waals surface area contributed by atoms with Gasteiger partial charge in [-0.2, -0.15) is 20.4 Å². The van der Waals surface area contributed by atoms with Crippen LogP contribution in [0.5, 0.6) is 11.5 Å². The van der Waals surface area contributed by atoms with Crippen LogP contribution in [0.3, 0.4) is 0 Å². The number of hydrogen-bond donors (Lipinski definition) is 0. The van der Waals surface area contributed by atoms with Crippen molar-refractivity contribution in [2.45, 2.75) is 27.7 Å². The molecule has 4 aromatic heterocycles. The van der Waals surface area contributed by atoms with E-state index in [0.29, 0.717) is 22.3 Å². The molecule has 10 rings (SSSR count). The van der Waals surface area contributed by atoms with Gasteiger partial charge in [0, 0.05) is 123 Å². The molecule has 22 heteroatoms. The van der Waals surface area contributed by atoms with Crippen molar-refractivity contribution in [3.8, 4) is 11.5 Å². The summed E-state index contributed by atoms with van der Waals surface area (Å²) in [5.41, 5.74) is 6.56. The smallest absolute Gasteiger partial charge is 0.872 e. The van der Waals surface area contributed by atoms with Gasteiger partial charge in [-0.05, 0) is 169 Å². The van der Waals surface area contributed by atoms with Gasteiger partial charge in [0.1, 0.15) is 0 Å². The summed E-state index contributed by atoms with van der Waals surface area (Å²) in [5, 5.41) is 85.5. The second kappa shape index (κ2) is 45.0. The van der Waals surface area contributed by atoms with Crippen LogP contribution in [-0.2, 0) is 34.1 Å². The van der Waals surface area contributed by atoms with Crippen LogP contribution in [-0.4, -0.2) is 80.2 Å². The molecule has 94 heavy (non-hydrogen) atoms. The fourth-order valence-corrected chi connectivity index (χ4v) is 7.76. The Balaban J connectivity index is 0.000000353. The molecule has 2 radical (unpaired) electrons. The van der Waals surface area contributed by atoms with Gasteiger partial charge in [0.25, 0.3) is 11.4 Å². The fourth-order valence-electron chi connectivity index (χ4n) is 7.76. The molecule has 6 aromatic carbocycles. The summed E-state index contributed by atoms with van der Waals surface area (Å²) in [7, 11) is 0.